The molecule has 0 aliphatic carbocycles. The molecule has 0 saturated carbocycles. The smallest absolute Gasteiger partial charge is 0.125 e. The molecule has 1 atom stereocenters. The van der Waals surface area contributed by atoms with Gasteiger partial charge in [-0.15, -0.1) is 0 Å². The van der Waals surface area contributed by atoms with Gasteiger partial charge in [-0.2, -0.15) is 0 Å². The van der Waals surface area contributed by atoms with Crippen molar-refractivity contribution in [2.24, 2.45) is 0 Å². The zero-order valence-corrected chi connectivity index (χ0v) is 11.8. The van der Waals surface area contributed by atoms with Crippen LogP contribution in [-0.4, -0.2) is 11.5 Å². The second-order valence-corrected chi connectivity index (χ2v) is 4.86. The molecule has 3 rings (SSSR count). The highest BCUT2D eigenvalue weighted by molar-refractivity contribution is 5.82. The van der Waals surface area contributed by atoms with E-state index in [0.29, 0.717) is 0 Å². The van der Waals surface area contributed by atoms with Gasteiger partial charge in [0.05, 0.1) is 11.6 Å². The number of hydrogen-bond acceptors (Lipinski definition) is 3. The highest BCUT2D eigenvalue weighted by Crippen LogP contribution is 2.28. The van der Waals surface area contributed by atoms with E-state index in [2.05, 4.69) is 41.5 Å². The molecular formula is C17H18N2O. The summed E-state index contributed by atoms with van der Waals surface area (Å²) in [5.41, 5.74) is 2.18. The van der Waals surface area contributed by atoms with Crippen LogP contribution in [0.2, 0.25) is 0 Å². The predicted octanol–water partition coefficient (Wildman–Crippen LogP) is 3.84. The molecule has 20 heavy (non-hydrogen) atoms. The van der Waals surface area contributed by atoms with E-state index in [0.717, 1.165) is 34.5 Å². The fourth-order valence-electron chi connectivity index (χ4n) is 2.54. The van der Waals surface area contributed by atoms with Crippen LogP contribution in [0.15, 0.2) is 53.1 Å². The first-order valence-corrected chi connectivity index (χ1v) is 6.93. The summed E-state index contributed by atoms with van der Waals surface area (Å²) < 4.78 is 5.81. The molecule has 0 aliphatic heterocycles. The lowest BCUT2D eigenvalue weighted by Crippen LogP contribution is -2.22. The van der Waals surface area contributed by atoms with Crippen LogP contribution in [0.4, 0.5) is 0 Å². The van der Waals surface area contributed by atoms with Crippen LogP contribution in [0.25, 0.3) is 10.9 Å². The molecule has 3 aromatic rings. The number of hydrogen-bond donors (Lipinski definition) is 1. The number of pyridine rings is 1. The lowest BCUT2D eigenvalue weighted by Gasteiger charge is -2.17. The van der Waals surface area contributed by atoms with Crippen LogP contribution in [0.5, 0.6) is 0 Å². The minimum Gasteiger partial charge on any atom is -0.464 e. The molecule has 0 fully saturated rings. The number of nitrogens with zero attached hydrogens (tertiary/aromatic N) is 1. The average molecular weight is 266 g/mol. The maximum Gasteiger partial charge on any atom is 0.125 e. The van der Waals surface area contributed by atoms with Gasteiger partial charge in [0.25, 0.3) is 0 Å². The van der Waals surface area contributed by atoms with Crippen molar-refractivity contribution >= 4 is 10.9 Å². The molecule has 0 aliphatic rings. The molecule has 1 N–H and O–H groups in total. The third-order valence-electron chi connectivity index (χ3n) is 3.43. The van der Waals surface area contributed by atoms with Gasteiger partial charge in [-0.05, 0) is 31.7 Å². The molecule has 0 saturated heterocycles. The minimum atomic E-state index is 0.0345. The molecule has 3 nitrogen and oxygen atoms in total. The summed E-state index contributed by atoms with van der Waals surface area (Å²) >= 11 is 0. The van der Waals surface area contributed by atoms with Gasteiger partial charge in [0.15, 0.2) is 0 Å². The number of aromatic nitrogens is 1. The van der Waals surface area contributed by atoms with E-state index in [4.69, 9.17) is 4.42 Å². The standard InChI is InChI=1S/C17H18N2O/c1-3-18-17(15-10-9-12(2)20-15)14-8-4-6-13-7-5-11-19-16(13)14/h4-11,17-18H,3H2,1-2H3. The van der Waals surface area contributed by atoms with Crippen molar-refractivity contribution in [1.29, 1.82) is 0 Å². The second-order valence-electron chi connectivity index (χ2n) is 4.86. The fourth-order valence-corrected chi connectivity index (χ4v) is 2.54. The number of benzene rings is 1. The quantitative estimate of drug-likeness (QED) is 0.779. The Kier molecular flexibility index (Phi) is 3.52. The molecule has 3 heteroatoms. The van der Waals surface area contributed by atoms with E-state index in [-0.39, 0.29) is 6.04 Å². The first kappa shape index (κ1) is 12.9. The van der Waals surface area contributed by atoms with E-state index in [1.54, 1.807) is 0 Å². The second kappa shape index (κ2) is 5.47. The molecule has 1 unspecified atom stereocenters. The van der Waals surface area contributed by atoms with E-state index in [9.17, 15) is 0 Å². The lowest BCUT2D eigenvalue weighted by atomic mass is 10.0. The zero-order valence-electron chi connectivity index (χ0n) is 11.8. The normalized spacial score (nSPS) is 12.7. The number of rotatable bonds is 4. The van der Waals surface area contributed by atoms with Gasteiger partial charge in [0, 0.05) is 17.1 Å². The van der Waals surface area contributed by atoms with Gasteiger partial charge in [0.2, 0.25) is 0 Å². The number of aryl methyl sites for hydroxylation is 1. The van der Waals surface area contributed by atoms with Crippen LogP contribution in [0.3, 0.4) is 0 Å². The summed E-state index contributed by atoms with van der Waals surface area (Å²) in [7, 11) is 0. The topological polar surface area (TPSA) is 38.1 Å². The maximum absolute atomic E-state index is 5.81. The molecule has 0 spiro atoms. The van der Waals surface area contributed by atoms with Crippen molar-refractivity contribution in [1.82, 2.24) is 10.3 Å². The Morgan fingerprint density at radius 2 is 2.00 bits per heavy atom. The van der Waals surface area contributed by atoms with Crippen molar-refractivity contribution in [3.05, 3.63) is 65.7 Å². The molecule has 0 radical (unpaired) electrons. The molecule has 2 heterocycles. The Labute approximate surface area is 118 Å². The third kappa shape index (κ3) is 2.32. The molecule has 102 valence electrons. The first-order chi connectivity index (χ1) is 9.79. The van der Waals surface area contributed by atoms with E-state index < -0.39 is 0 Å². The van der Waals surface area contributed by atoms with Crippen LogP contribution < -0.4 is 5.32 Å². The van der Waals surface area contributed by atoms with Crippen molar-refractivity contribution in [3.8, 4) is 0 Å². The summed E-state index contributed by atoms with van der Waals surface area (Å²) in [6, 6.07) is 14.4. The summed E-state index contributed by atoms with van der Waals surface area (Å²) in [4.78, 5) is 4.53. The van der Waals surface area contributed by atoms with E-state index >= 15 is 0 Å². The monoisotopic (exact) mass is 266 g/mol. The Balaban J connectivity index is 2.14. The molecule has 2 aromatic heterocycles. The maximum atomic E-state index is 5.81. The highest BCUT2D eigenvalue weighted by atomic mass is 16.3. The van der Waals surface area contributed by atoms with E-state index in [1.165, 1.54) is 0 Å². The van der Waals surface area contributed by atoms with Crippen LogP contribution in [0.1, 0.15) is 30.0 Å². The van der Waals surface area contributed by atoms with Gasteiger partial charge in [-0.25, -0.2) is 0 Å². The Bertz CT molecular complexity index is 712. The average Bonchev–Trinajstić information content (AvgIpc) is 2.91. The first-order valence-electron chi connectivity index (χ1n) is 6.93. The number of furan rings is 1. The predicted molar refractivity (Wildman–Crippen MR) is 80.7 cm³/mol. The molecule has 0 amide bonds. The van der Waals surface area contributed by atoms with Gasteiger partial charge >= 0.3 is 0 Å². The molecular weight excluding hydrogens is 248 g/mol. The van der Waals surface area contributed by atoms with Gasteiger partial charge in [-0.1, -0.05) is 31.2 Å². The van der Waals surface area contributed by atoms with Crippen molar-refractivity contribution in [2.45, 2.75) is 19.9 Å². The molecule has 1 aromatic carbocycles. The summed E-state index contributed by atoms with van der Waals surface area (Å²) in [5, 5.41) is 4.64. The largest absolute Gasteiger partial charge is 0.464 e. The Morgan fingerprint density at radius 3 is 2.75 bits per heavy atom. The van der Waals surface area contributed by atoms with Gasteiger partial charge in [0.1, 0.15) is 11.5 Å². The van der Waals surface area contributed by atoms with Gasteiger partial charge in [-0.3, -0.25) is 4.98 Å². The van der Waals surface area contributed by atoms with Crippen molar-refractivity contribution in [2.75, 3.05) is 6.54 Å². The van der Waals surface area contributed by atoms with Crippen molar-refractivity contribution in [3.63, 3.8) is 0 Å². The van der Waals surface area contributed by atoms with Crippen LogP contribution in [-0.2, 0) is 0 Å². The van der Waals surface area contributed by atoms with Crippen molar-refractivity contribution < 1.29 is 4.42 Å². The molecule has 0 bridgehead atoms. The summed E-state index contributed by atoms with van der Waals surface area (Å²) in [6.45, 7) is 4.93. The third-order valence-corrected chi connectivity index (χ3v) is 3.43. The van der Waals surface area contributed by atoms with Gasteiger partial charge < -0.3 is 9.73 Å². The zero-order chi connectivity index (χ0) is 13.9. The number of para-hydroxylation sites is 1. The summed E-state index contributed by atoms with van der Waals surface area (Å²) in [6.07, 6.45) is 1.84. The Morgan fingerprint density at radius 1 is 1.15 bits per heavy atom. The van der Waals surface area contributed by atoms with Crippen LogP contribution >= 0.6 is 0 Å². The Hall–Kier alpha value is -2.13. The SMILES string of the molecule is CCNC(c1ccc(C)o1)c1cccc2cccnc12. The minimum absolute atomic E-state index is 0.0345. The van der Waals surface area contributed by atoms with Crippen LogP contribution in [0, 0.1) is 6.92 Å². The number of nitrogens with one attached hydrogen (secondary N) is 1. The number of fused-ring (bicyclic) bond motifs is 1. The highest BCUT2D eigenvalue weighted by Gasteiger charge is 2.19. The fraction of sp³-hybridized carbons (Fsp3) is 0.235. The lowest BCUT2D eigenvalue weighted by molar-refractivity contribution is 0.436. The summed E-state index contributed by atoms with van der Waals surface area (Å²) in [5.74, 6) is 1.86. The van der Waals surface area contributed by atoms with E-state index in [1.807, 2.05) is 31.3 Å².